The molecule has 2 heteroatoms. The molecule has 3 unspecified atom stereocenters. The van der Waals surface area contributed by atoms with Gasteiger partial charge < -0.3 is 5.32 Å². The van der Waals surface area contributed by atoms with Crippen LogP contribution in [0.25, 0.3) is 0 Å². The fourth-order valence-electron chi connectivity index (χ4n) is 4.87. The lowest BCUT2D eigenvalue weighted by molar-refractivity contribution is 0.0772. The lowest BCUT2D eigenvalue weighted by Gasteiger charge is -2.42. The van der Waals surface area contributed by atoms with Crippen LogP contribution in [0.3, 0.4) is 0 Å². The number of likely N-dealkylation sites (tertiary alicyclic amines) is 1. The Hall–Kier alpha value is -0.0800. The van der Waals surface area contributed by atoms with E-state index in [2.05, 4.69) is 24.1 Å². The van der Waals surface area contributed by atoms with Crippen molar-refractivity contribution < 1.29 is 0 Å². The molecule has 3 fully saturated rings. The highest BCUT2D eigenvalue weighted by Crippen LogP contribution is 2.40. The van der Waals surface area contributed by atoms with Crippen molar-refractivity contribution in [2.24, 2.45) is 17.3 Å². The number of hydrogen-bond acceptors (Lipinski definition) is 2. The topological polar surface area (TPSA) is 15.3 Å². The van der Waals surface area contributed by atoms with Gasteiger partial charge in [0, 0.05) is 12.6 Å². The molecule has 1 N–H and O–H groups in total. The van der Waals surface area contributed by atoms with Crippen molar-refractivity contribution >= 4 is 0 Å². The Labute approximate surface area is 119 Å². The SMILES string of the molecule is CC(C)(CN1CCC2CCCCC21)C1CCCNC1. The lowest BCUT2D eigenvalue weighted by Crippen LogP contribution is -2.47. The molecule has 0 amide bonds. The number of nitrogens with one attached hydrogen (secondary N) is 1. The van der Waals surface area contributed by atoms with E-state index >= 15 is 0 Å². The van der Waals surface area contributed by atoms with Gasteiger partial charge in [0.1, 0.15) is 0 Å². The first kappa shape index (κ1) is 13.9. The molecule has 0 radical (unpaired) electrons. The van der Waals surface area contributed by atoms with Gasteiger partial charge in [-0.25, -0.2) is 0 Å². The highest BCUT2D eigenvalue weighted by Gasteiger charge is 2.40. The zero-order chi connectivity index (χ0) is 13.3. The maximum absolute atomic E-state index is 3.60. The van der Waals surface area contributed by atoms with Gasteiger partial charge in [0.05, 0.1) is 0 Å². The van der Waals surface area contributed by atoms with Crippen LogP contribution >= 0.6 is 0 Å². The van der Waals surface area contributed by atoms with E-state index in [0.29, 0.717) is 5.41 Å². The molecule has 0 spiro atoms. The number of fused-ring (bicyclic) bond motifs is 1. The Morgan fingerprint density at radius 2 is 1.89 bits per heavy atom. The fraction of sp³-hybridized carbons (Fsp3) is 1.00. The van der Waals surface area contributed by atoms with Crippen molar-refractivity contribution in [1.29, 1.82) is 0 Å². The third kappa shape index (κ3) is 3.00. The van der Waals surface area contributed by atoms with E-state index in [1.54, 1.807) is 0 Å². The summed E-state index contributed by atoms with van der Waals surface area (Å²) in [4.78, 5) is 2.86. The zero-order valence-corrected chi connectivity index (χ0v) is 13.0. The second-order valence-corrected chi connectivity index (χ2v) is 7.90. The summed E-state index contributed by atoms with van der Waals surface area (Å²) in [7, 11) is 0. The quantitative estimate of drug-likeness (QED) is 0.841. The smallest absolute Gasteiger partial charge is 0.0124 e. The van der Waals surface area contributed by atoms with Crippen molar-refractivity contribution in [3.05, 3.63) is 0 Å². The van der Waals surface area contributed by atoms with E-state index in [4.69, 9.17) is 0 Å². The minimum Gasteiger partial charge on any atom is -0.316 e. The summed E-state index contributed by atoms with van der Waals surface area (Å²) in [6, 6.07) is 0.935. The molecular weight excluding hydrogens is 232 g/mol. The molecule has 0 aromatic heterocycles. The Kier molecular flexibility index (Phi) is 4.19. The van der Waals surface area contributed by atoms with Crippen LogP contribution in [0.4, 0.5) is 0 Å². The van der Waals surface area contributed by atoms with E-state index < -0.39 is 0 Å². The number of hydrogen-bond donors (Lipinski definition) is 1. The summed E-state index contributed by atoms with van der Waals surface area (Å²) in [5, 5.41) is 3.60. The predicted molar refractivity (Wildman–Crippen MR) is 81.3 cm³/mol. The van der Waals surface area contributed by atoms with Crippen LogP contribution in [0.1, 0.15) is 58.8 Å². The highest BCUT2D eigenvalue weighted by molar-refractivity contribution is 4.94. The molecule has 19 heavy (non-hydrogen) atoms. The van der Waals surface area contributed by atoms with Gasteiger partial charge in [-0.1, -0.05) is 26.7 Å². The molecule has 0 aromatic rings. The van der Waals surface area contributed by atoms with E-state index in [9.17, 15) is 0 Å². The van der Waals surface area contributed by atoms with Gasteiger partial charge in [0.2, 0.25) is 0 Å². The van der Waals surface area contributed by atoms with E-state index in [1.165, 1.54) is 71.1 Å². The van der Waals surface area contributed by atoms with Crippen LogP contribution in [0, 0.1) is 17.3 Å². The van der Waals surface area contributed by atoms with Crippen molar-refractivity contribution in [2.45, 2.75) is 64.8 Å². The highest BCUT2D eigenvalue weighted by atomic mass is 15.2. The molecule has 2 nitrogen and oxygen atoms in total. The van der Waals surface area contributed by atoms with Gasteiger partial charge >= 0.3 is 0 Å². The van der Waals surface area contributed by atoms with E-state index in [0.717, 1.165) is 17.9 Å². The average Bonchev–Trinajstić information content (AvgIpc) is 2.83. The molecular formula is C17H32N2. The minimum atomic E-state index is 0.486. The number of rotatable bonds is 3. The molecule has 0 bridgehead atoms. The van der Waals surface area contributed by atoms with Crippen LogP contribution < -0.4 is 5.32 Å². The molecule has 3 rings (SSSR count). The normalized spacial score (nSPS) is 37.3. The van der Waals surface area contributed by atoms with Crippen LogP contribution in [0.5, 0.6) is 0 Å². The molecule has 3 aliphatic rings. The lowest BCUT2D eigenvalue weighted by atomic mass is 9.74. The average molecular weight is 264 g/mol. The van der Waals surface area contributed by atoms with Gasteiger partial charge in [-0.3, -0.25) is 4.90 Å². The summed E-state index contributed by atoms with van der Waals surface area (Å²) in [5.74, 6) is 1.91. The first-order valence-corrected chi connectivity index (χ1v) is 8.61. The number of nitrogens with zero attached hydrogens (tertiary/aromatic N) is 1. The Morgan fingerprint density at radius 1 is 1.05 bits per heavy atom. The Balaban J connectivity index is 1.60. The molecule has 0 aromatic carbocycles. The summed E-state index contributed by atoms with van der Waals surface area (Å²) in [5.41, 5.74) is 0.486. The van der Waals surface area contributed by atoms with E-state index in [1.807, 2.05) is 0 Å². The summed E-state index contributed by atoms with van der Waals surface area (Å²) < 4.78 is 0. The fourth-order valence-corrected chi connectivity index (χ4v) is 4.87. The number of piperidine rings is 1. The maximum atomic E-state index is 3.60. The molecule has 3 atom stereocenters. The Bertz CT molecular complexity index is 294. The molecule has 2 aliphatic heterocycles. The van der Waals surface area contributed by atoms with Crippen molar-refractivity contribution in [1.82, 2.24) is 10.2 Å². The van der Waals surface area contributed by atoms with Gasteiger partial charge in [0.25, 0.3) is 0 Å². The third-order valence-electron chi connectivity index (χ3n) is 6.14. The van der Waals surface area contributed by atoms with Crippen molar-refractivity contribution in [3.8, 4) is 0 Å². The Morgan fingerprint density at radius 3 is 2.68 bits per heavy atom. The second kappa shape index (κ2) is 5.73. The van der Waals surface area contributed by atoms with E-state index in [-0.39, 0.29) is 0 Å². The van der Waals surface area contributed by atoms with Crippen molar-refractivity contribution in [3.63, 3.8) is 0 Å². The first-order valence-electron chi connectivity index (χ1n) is 8.61. The third-order valence-corrected chi connectivity index (χ3v) is 6.14. The molecule has 2 heterocycles. The summed E-state index contributed by atoms with van der Waals surface area (Å²) >= 11 is 0. The summed E-state index contributed by atoms with van der Waals surface area (Å²) in [6.45, 7) is 10.2. The van der Waals surface area contributed by atoms with Crippen LogP contribution in [-0.2, 0) is 0 Å². The largest absolute Gasteiger partial charge is 0.316 e. The van der Waals surface area contributed by atoms with Crippen LogP contribution in [0.15, 0.2) is 0 Å². The van der Waals surface area contributed by atoms with Gasteiger partial charge in [0.15, 0.2) is 0 Å². The summed E-state index contributed by atoms with van der Waals surface area (Å²) in [6.07, 6.45) is 10.2. The second-order valence-electron chi connectivity index (χ2n) is 7.90. The van der Waals surface area contributed by atoms with Gasteiger partial charge in [-0.2, -0.15) is 0 Å². The van der Waals surface area contributed by atoms with Gasteiger partial charge in [-0.05, 0) is 69.0 Å². The zero-order valence-electron chi connectivity index (χ0n) is 13.0. The van der Waals surface area contributed by atoms with Gasteiger partial charge in [-0.15, -0.1) is 0 Å². The van der Waals surface area contributed by atoms with Crippen LogP contribution in [0.2, 0.25) is 0 Å². The molecule has 2 saturated heterocycles. The predicted octanol–water partition coefficient (Wildman–Crippen LogP) is 3.28. The maximum Gasteiger partial charge on any atom is 0.0124 e. The van der Waals surface area contributed by atoms with Crippen molar-refractivity contribution in [2.75, 3.05) is 26.2 Å². The molecule has 110 valence electrons. The molecule has 1 saturated carbocycles. The van der Waals surface area contributed by atoms with Crippen LogP contribution in [-0.4, -0.2) is 37.1 Å². The minimum absolute atomic E-state index is 0.486. The first-order chi connectivity index (χ1) is 9.17. The molecule has 1 aliphatic carbocycles. The standard InChI is InChI=1S/C17H32N2/c1-17(2,15-7-5-10-18-12-15)13-19-11-9-14-6-3-4-8-16(14)19/h14-16,18H,3-13H2,1-2H3. The monoisotopic (exact) mass is 264 g/mol.